The molecule has 46 heavy (non-hydrogen) atoms. The first-order valence-electron chi connectivity index (χ1n) is 14.3. The second kappa shape index (κ2) is 14.3. The number of hydrogen-bond acceptors (Lipinski definition) is 18. The van der Waals surface area contributed by atoms with Crippen LogP contribution < -0.4 is 5.32 Å². The maximum absolute atomic E-state index is 12.6. The number of carbonyl (C=O) groups is 2. The van der Waals surface area contributed by atoms with Crippen LogP contribution in [0.1, 0.15) is 38.3 Å². The van der Waals surface area contributed by atoms with Crippen LogP contribution in [0, 0.1) is 0 Å². The lowest BCUT2D eigenvalue weighted by molar-refractivity contribution is -0.358. The molecule has 1 aromatic rings. The number of aliphatic carboxylic acids is 1. The van der Waals surface area contributed by atoms with Gasteiger partial charge in [-0.1, -0.05) is 5.21 Å². The fourth-order valence-corrected chi connectivity index (χ4v) is 5.73. The Bertz CT molecular complexity index is 1210. The number of aliphatic hydroxyl groups is 10. The molecule has 3 aliphatic heterocycles. The van der Waals surface area contributed by atoms with Gasteiger partial charge in [-0.05, 0) is 6.92 Å². The number of carboxylic acid groups (broad SMARTS) is 1. The minimum Gasteiger partial charge on any atom is -0.477 e. The predicted molar refractivity (Wildman–Crippen MR) is 142 cm³/mol. The number of hydrogen-bond donors (Lipinski definition) is 12. The van der Waals surface area contributed by atoms with E-state index in [9.17, 15) is 65.8 Å². The summed E-state index contributed by atoms with van der Waals surface area (Å²) in [6.45, 7) is 0.579. The highest BCUT2D eigenvalue weighted by Crippen LogP contribution is 2.39. The van der Waals surface area contributed by atoms with Gasteiger partial charge in [0.25, 0.3) is 5.79 Å². The van der Waals surface area contributed by atoms with E-state index in [0.717, 1.165) is 17.8 Å². The summed E-state index contributed by atoms with van der Waals surface area (Å²) in [6, 6.07) is -1.51. The summed E-state index contributed by atoms with van der Waals surface area (Å²) in [5.41, 5.74) is -0.0886. The fourth-order valence-electron chi connectivity index (χ4n) is 5.73. The molecule has 16 atom stereocenters. The third kappa shape index (κ3) is 6.88. The smallest absolute Gasteiger partial charge is 0.364 e. The maximum atomic E-state index is 12.6. The third-order valence-corrected chi connectivity index (χ3v) is 8.29. The zero-order chi connectivity index (χ0) is 34.2. The highest BCUT2D eigenvalue weighted by molar-refractivity contribution is 5.76. The molecule has 1 aromatic heterocycles. The van der Waals surface area contributed by atoms with E-state index in [2.05, 4.69) is 15.6 Å². The molecule has 3 fully saturated rings. The van der Waals surface area contributed by atoms with Crippen LogP contribution in [0.4, 0.5) is 0 Å². The lowest BCUT2D eigenvalue weighted by Gasteiger charge is -2.50. The van der Waals surface area contributed by atoms with Crippen molar-refractivity contribution in [1.82, 2.24) is 20.3 Å². The van der Waals surface area contributed by atoms with Crippen molar-refractivity contribution in [3.63, 3.8) is 0 Å². The first-order chi connectivity index (χ1) is 21.6. The van der Waals surface area contributed by atoms with Gasteiger partial charge in [0.1, 0.15) is 72.8 Å². The summed E-state index contributed by atoms with van der Waals surface area (Å²) in [7, 11) is 0. The summed E-state index contributed by atoms with van der Waals surface area (Å²) in [4.78, 5) is 24.4. The van der Waals surface area contributed by atoms with Gasteiger partial charge in [-0.15, -0.1) is 5.10 Å². The van der Waals surface area contributed by atoms with E-state index in [4.69, 9.17) is 18.9 Å². The van der Waals surface area contributed by atoms with Gasteiger partial charge in [-0.3, -0.25) is 4.79 Å². The quantitative estimate of drug-likeness (QED) is 0.110. The molecule has 3 saturated heterocycles. The van der Waals surface area contributed by atoms with E-state index >= 15 is 0 Å². The Balaban J connectivity index is 1.65. The second-order valence-electron chi connectivity index (χ2n) is 11.5. The fraction of sp³-hybridized carbons (Fsp3) is 0.840. The number of rotatable bonds is 10. The van der Waals surface area contributed by atoms with Gasteiger partial charge in [0.05, 0.1) is 37.7 Å². The molecule has 0 aliphatic carbocycles. The molecule has 4 rings (SSSR count). The van der Waals surface area contributed by atoms with Crippen molar-refractivity contribution < 1.29 is 84.7 Å². The molecule has 0 unspecified atom stereocenters. The summed E-state index contributed by atoms with van der Waals surface area (Å²) in [5.74, 6) is -5.62. The SMILES string of the molecule is CC(=O)N[C@H]1[C@H]([C@H](O)[C@H](O)CO)O[C@@](O[C@@H]2[C@@H](O)[C@H](n3cc([C@@H]4O[C@@H](C)[C@@H](O)[C@@H](O)[C@@H]4O)nn3)O[C@H](CO)[C@@H]2O)(C(=O)O)C[C@@H]1O. The van der Waals surface area contributed by atoms with E-state index in [0.29, 0.717) is 0 Å². The summed E-state index contributed by atoms with van der Waals surface area (Å²) in [5, 5.41) is 124. The molecule has 4 heterocycles. The molecular formula is C25H40N4O17. The number of aromatic nitrogens is 3. The molecule has 21 nitrogen and oxygen atoms in total. The number of carboxylic acids is 1. The Labute approximate surface area is 260 Å². The second-order valence-corrected chi connectivity index (χ2v) is 11.5. The van der Waals surface area contributed by atoms with Gasteiger partial charge >= 0.3 is 5.97 Å². The van der Waals surface area contributed by atoms with Crippen LogP contribution in [-0.2, 0) is 28.5 Å². The highest BCUT2D eigenvalue weighted by atomic mass is 16.7. The van der Waals surface area contributed by atoms with E-state index in [1.165, 1.54) is 6.92 Å². The van der Waals surface area contributed by atoms with E-state index in [1.807, 2.05) is 0 Å². The molecule has 1 amide bonds. The molecule has 0 saturated carbocycles. The molecule has 0 aromatic carbocycles. The highest BCUT2D eigenvalue weighted by Gasteiger charge is 2.59. The lowest BCUT2D eigenvalue weighted by atomic mass is 9.88. The normalized spacial score (nSPS) is 43.1. The largest absolute Gasteiger partial charge is 0.477 e. The average Bonchev–Trinajstić information content (AvgIpc) is 3.50. The molecule has 0 spiro atoms. The number of ether oxygens (including phenoxy) is 4. The topological polar surface area (TPSA) is 336 Å². The Morgan fingerprint density at radius 2 is 1.74 bits per heavy atom. The van der Waals surface area contributed by atoms with Crippen molar-refractivity contribution in [3.8, 4) is 0 Å². The Hall–Kier alpha value is -2.48. The van der Waals surface area contributed by atoms with Crippen LogP contribution >= 0.6 is 0 Å². The van der Waals surface area contributed by atoms with Crippen LogP contribution in [0.2, 0.25) is 0 Å². The first-order valence-corrected chi connectivity index (χ1v) is 14.3. The minimum absolute atomic E-state index is 0.0886. The zero-order valence-electron chi connectivity index (χ0n) is 24.6. The van der Waals surface area contributed by atoms with Crippen LogP contribution in [-0.4, -0.2) is 181 Å². The zero-order valence-corrected chi connectivity index (χ0v) is 24.6. The van der Waals surface area contributed by atoms with Gasteiger partial charge in [0, 0.05) is 13.3 Å². The van der Waals surface area contributed by atoms with Gasteiger partial charge in [0.15, 0.2) is 6.23 Å². The summed E-state index contributed by atoms with van der Waals surface area (Å²) in [6.07, 6.45) is -23.6. The average molecular weight is 669 g/mol. The van der Waals surface area contributed by atoms with Crippen molar-refractivity contribution in [2.75, 3.05) is 13.2 Å². The molecule has 3 aliphatic rings. The molecule has 0 radical (unpaired) electrons. The van der Waals surface area contributed by atoms with Gasteiger partial charge < -0.3 is 80.4 Å². The third-order valence-electron chi connectivity index (χ3n) is 8.29. The van der Waals surface area contributed by atoms with E-state index in [-0.39, 0.29) is 5.69 Å². The Kier molecular flexibility index (Phi) is 11.3. The number of nitrogens with one attached hydrogen (secondary N) is 1. The number of nitrogens with zero attached hydrogens (tertiary/aromatic N) is 3. The Morgan fingerprint density at radius 3 is 2.33 bits per heavy atom. The van der Waals surface area contributed by atoms with Crippen molar-refractivity contribution in [2.24, 2.45) is 0 Å². The molecule has 21 heteroatoms. The van der Waals surface area contributed by atoms with Crippen molar-refractivity contribution >= 4 is 11.9 Å². The molecule has 12 N–H and O–H groups in total. The van der Waals surface area contributed by atoms with Crippen LogP contribution in [0.3, 0.4) is 0 Å². The number of amides is 1. The maximum Gasteiger partial charge on any atom is 0.364 e. The molecule has 262 valence electrons. The van der Waals surface area contributed by atoms with Crippen molar-refractivity contribution in [2.45, 2.75) is 118 Å². The number of aliphatic hydroxyl groups excluding tert-OH is 10. The van der Waals surface area contributed by atoms with E-state index < -0.39 is 129 Å². The van der Waals surface area contributed by atoms with E-state index in [1.54, 1.807) is 0 Å². The van der Waals surface area contributed by atoms with Gasteiger partial charge in [-0.2, -0.15) is 0 Å². The lowest BCUT2D eigenvalue weighted by Crippen LogP contribution is -2.70. The summed E-state index contributed by atoms with van der Waals surface area (Å²) < 4.78 is 23.2. The minimum atomic E-state index is -2.97. The Morgan fingerprint density at radius 1 is 1.07 bits per heavy atom. The standard InChI is InChI=1S/C25H40N4O17/c1-7-14(35)17(38)18(39)20(43-7)9-4-29(28-27-9)23-19(40)22(16(37)12(6-31)44-23)46-25(24(41)42)3-10(33)13(26-8(2)32)21(45-25)15(36)11(34)5-30/h4,7,10-23,30-31,33-40H,3,5-6H2,1-2H3,(H,26,32)(H,41,42)/t7-,10-,11+,12+,13+,14+,15+,16-,17+,18-,19+,20-,21+,22-,23+,25-/m0/s1. The van der Waals surface area contributed by atoms with Crippen molar-refractivity contribution in [1.29, 1.82) is 0 Å². The van der Waals surface area contributed by atoms with Gasteiger partial charge in [0.2, 0.25) is 5.91 Å². The molecule has 0 bridgehead atoms. The van der Waals surface area contributed by atoms with Crippen LogP contribution in [0.25, 0.3) is 0 Å². The predicted octanol–water partition coefficient (Wildman–Crippen LogP) is -7.03. The molecular weight excluding hydrogens is 628 g/mol. The monoisotopic (exact) mass is 668 g/mol. The van der Waals surface area contributed by atoms with Crippen molar-refractivity contribution in [3.05, 3.63) is 11.9 Å². The van der Waals surface area contributed by atoms with Crippen LogP contribution in [0.15, 0.2) is 6.20 Å². The van der Waals surface area contributed by atoms with Crippen LogP contribution in [0.5, 0.6) is 0 Å². The van der Waals surface area contributed by atoms with Gasteiger partial charge in [-0.25, -0.2) is 9.48 Å². The first kappa shape index (κ1) is 36.4. The summed E-state index contributed by atoms with van der Waals surface area (Å²) >= 11 is 0. The number of carbonyl (C=O) groups excluding carboxylic acids is 1.